The van der Waals surface area contributed by atoms with Gasteiger partial charge in [-0.25, -0.2) is 0 Å². The maximum Gasteiger partial charge on any atom is 0.227 e. The number of nitrogens with one attached hydrogen (secondary N) is 1. The van der Waals surface area contributed by atoms with Gasteiger partial charge in [0.05, 0.1) is 11.9 Å². The monoisotopic (exact) mass is 248 g/mol. The van der Waals surface area contributed by atoms with Crippen LogP contribution in [0.2, 0.25) is 0 Å². The van der Waals surface area contributed by atoms with Crippen LogP contribution in [0.15, 0.2) is 0 Å². The van der Waals surface area contributed by atoms with Crippen LogP contribution in [0.4, 0.5) is 0 Å². The highest BCUT2D eigenvalue weighted by atomic mass is 32.2. The molecule has 0 aliphatic heterocycles. The van der Waals surface area contributed by atoms with Crippen LogP contribution in [0, 0.1) is 0 Å². The molecule has 0 saturated carbocycles. The molecule has 0 radical (unpaired) electrons. The van der Waals surface area contributed by atoms with Gasteiger partial charge in [0.1, 0.15) is 0 Å². The molecule has 0 spiro atoms. The smallest absolute Gasteiger partial charge is 0.227 e. The van der Waals surface area contributed by atoms with Gasteiger partial charge in [-0.15, -0.1) is 0 Å². The molecule has 4 N–H and O–H groups in total. The zero-order valence-corrected chi connectivity index (χ0v) is 10.4. The Bertz CT molecular complexity index is 224. The molecule has 16 heavy (non-hydrogen) atoms. The zero-order chi connectivity index (χ0) is 12.4. The average molecular weight is 248 g/mol. The summed E-state index contributed by atoms with van der Waals surface area (Å²) in [7, 11) is 0. The summed E-state index contributed by atoms with van der Waals surface area (Å²) in [5.74, 6) is 0.421. The van der Waals surface area contributed by atoms with E-state index in [-0.39, 0.29) is 23.7 Å². The second-order valence-corrected chi connectivity index (χ2v) is 4.57. The molecule has 0 aliphatic rings. The van der Waals surface area contributed by atoms with E-state index in [1.165, 1.54) is 11.8 Å². The summed E-state index contributed by atoms with van der Waals surface area (Å²) in [5, 5.41) is 11.9. The van der Waals surface area contributed by atoms with Crippen LogP contribution in [0.3, 0.4) is 0 Å². The number of amides is 2. The number of carbonyl (C=O) groups is 2. The van der Waals surface area contributed by atoms with Crippen molar-refractivity contribution in [3.8, 4) is 0 Å². The molecule has 0 rings (SSSR count). The van der Waals surface area contributed by atoms with Gasteiger partial charge in [-0.1, -0.05) is 6.92 Å². The van der Waals surface area contributed by atoms with Crippen LogP contribution in [-0.2, 0) is 9.59 Å². The Morgan fingerprint density at radius 3 is 2.75 bits per heavy atom. The summed E-state index contributed by atoms with van der Waals surface area (Å²) in [6.45, 7) is 2.39. The number of nitrogens with two attached hydrogens (primary N) is 1. The molecule has 1 unspecified atom stereocenters. The van der Waals surface area contributed by atoms with E-state index in [9.17, 15) is 14.7 Å². The van der Waals surface area contributed by atoms with E-state index in [1.54, 1.807) is 0 Å². The minimum atomic E-state index is -0.364. The fraction of sp³-hybridized carbons (Fsp3) is 0.800. The first-order valence-corrected chi connectivity index (χ1v) is 6.52. The van der Waals surface area contributed by atoms with Crippen molar-refractivity contribution in [1.82, 2.24) is 5.32 Å². The van der Waals surface area contributed by atoms with Crippen molar-refractivity contribution in [1.29, 1.82) is 0 Å². The van der Waals surface area contributed by atoms with E-state index in [0.29, 0.717) is 31.6 Å². The minimum absolute atomic E-state index is 0.0553. The fourth-order valence-corrected chi connectivity index (χ4v) is 1.68. The van der Waals surface area contributed by atoms with Gasteiger partial charge in [0.2, 0.25) is 11.8 Å². The Morgan fingerprint density at radius 1 is 1.50 bits per heavy atom. The summed E-state index contributed by atoms with van der Waals surface area (Å²) in [6, 6.07) is 0. The molecule has 2 amide bonds. The van der Waals surface area contributed by atoms with Crippen molar-refractivity contribution in [3.05, 3.63) is 0 Å². The molecule has 0 saturated heterocycles. The third-order valence-corrected chi connectivity index (χ3v) is 2.97. The summed E-state index contributed by atoms with van der Waals surface area (Å²) in [6.07, 6.45) is 1.31. The highest BCUT2D eigenvalue weighted by Gasteiger charge is 2.04. The Balaban J connectivity index is 3.34. The molecule has 0 aromatic carbocycles. The lowest BCUT2D eigenvalue weighted by Gasteiger charge is -2.08. The molecule has 5 nitrogen and oxygen atoms in total. The van der Waals surface area contributed by atoms with Gasteiger partial charge in [-0.2, -0.15) is 11.8 Å². The third-order valence-electron chi connectivity index (χ3n) is 1.99. The number of aliphatic hydroxyl groups excluding tert-OH is 1. The van der Waals surface area contributed by atoms with Crippen LogP contribution in [0.25, 0.3) is 0 Å². The predicted octanol–water partition coefficient (Wildman–Crippen LogP) is -0.128. The molecule has 94 valence electrons. The second kappa shape index (κ2) is 9.47. The Kier molecular flexibility index (Phi) is 9.03. The normalized spacial score (nSPS) is 12.1. The van der Waals surface area contributed by atoms with Crippen LogP contribution in [-0.4, -0.2) is 41.1 Å². The highest BCUT2D eigenvalue weighted by molar-refractivity contribution is 7.99. The van der Waals surface area contributed by atoms with Gasteiger partial charge in [0.25, 0.3) is 0 Å². The fourth-order valence-electron chi connectivity index (χ4n) is 1.01. The Morgan fingerprint density at radius 2 is 2.19 bits per heavy atom. The van der Waals surface area contributed by atoms with E-state index in [2.05, 4.69) is 5.32 Å². The third kappa shape index (κ3) is 9.79. The molecule has 0 aromatic rings. The number of rotatable bonds is 9. The molecule has 0 heterocycles. The summed E-state index contributed by atoms with van der Waals surface area (Å²) >= 11 is 1.35. The topological polar surface area (TPSA) is 92.4 Å². The van der Waals surface area contributed by atoms with Gasteiger partial charge >= 0.3 is 0 Å². The van der Waals surface area contributed by atoms with Crippen LogP contribution >= 0.6 is 11.8 Å². The van der Waals surface area contributed by atoms with Crippen molar-refractivity contribution < 1.29 is 14.7 Å². The van der Waals surface area contributed by atoms with Crippen LogP contribution in [0.5, 0.6) is 0 Å². The first kappa shape index (κ1) is 15.2. The summed E-state index contributed by atoms with van der Waals surface area (Å²) < 4.78 is 0. The maximum atomic E-state index is 11.2. The Labute approximate surface area is 100 Å². The predicted molar refractivity (Wildman–Crippen MR) is 65.1 cm³/mol. The first-order chi connectivity index (χ1) is 7.56. The molecular weight excluding hydrogens is 228 g/mol. The maximum absolute atomic E-state index is 11.2. The molecule has 0 fully saturated rings. The number of hydrogen-bond donors (Lipinski definition) is 3. The lowest BCUT2D eigenvalue weighted by Crippen LogP contribution is -2.27. The van der Waals surface area contributed by atoms with Gasteiger partial charge in [0, 0.05) is 18.7 Å². The quantitative estimate of drug-likeness (QED) is 0.496. The van der Waals surface area contributed by atoms with E-state index in [0.717, 1.165) is 0 Å². The zero-order valence-electron chi connectivity index (χ0n) is 9.57. The lowest BCUT2D eigenvalue weighted by atomic mass is 10.2. The van der Waals surface area contributed by atoms with Crippen molar-refractivity contribution in [2.45, 2.75) is 32.3 Å². The van der Waals surface area contributed by atoms with Crippen molar-refractivity contribution >= 4 is 23.6 Å². The van der Waals surface area contributed by atoms with Gasteiger partial charge < -0.3 is 16.2 Å². The van der Waals surface area contributed by atoms with E-state index >= 15 is 0 Å². The molecule has 6 heteroatoms. The van der Waals surface area contributed by atoms with Crippen molar-refractivity contribution in [2.75, 3.05) is 18.1 Å². The van der Waals surface area contributed by atoms with Gasteiger partial charge in [-0.05, 0) is 12.8 Å². The van der Waals surface area contributed by atoms with Crippen molar-refractivity contribution in [3.63, 3.8) is 0 Å². The molecule has 0 bridgehead atoms. The summed E-state index contributed by atoms with van der Waals surface area (Å²) in [4.78, 5) is 21.6. The molecule has 1 atom stereocenters. The number of carbonyl (C=O) groups excluding carboxylic acids is 2. The second-order valence-electron chi connectivity index (χ2n) is 3.47. The number of aliphatic hydroxyl groups is 1. The largest absolute Gasteiger partial charge is 0.393 e. The average Bonchev–Trinajstić information content (AvgIpc) is 2.24. The van der Waals surface area contributed by atoms with Crippen LogP contribution < -0.4 is 11.1 Å². The number of primary amides is 1. The Hall–Kier alpha value is -0.750. The number of thioether (sulfide) groups is 1. The van der Waals surface area contributed by atoms with Gasteiger partial charge in [0.15, 0.2) is 0 Å². The van der Waals surface area contributed by atoms with E-state index in [1.807, 2.05) is 6.92 Å². The van der Waals surface area contributed by atoms with Crippen molar-refractivity contribution in [2.24, 2.45) is 5.73 Å². The van der Waals surface area contributed by atoms with E-state index < -0.39 is 0 Å². The number of hydrogen-bond acceptors (Lipinski definition) is 4. The molecular formula is C10H20N2O3S. The SMILES string of the molecule is CCC(O)CCNC(=O)CCSCC(N)=O. The lowest BCUT2D eigenvalue weighted by molar-refractivity contribution is -0.120. The molecule has 0 aromatic heterocycles. The standard InChI is InChI=1S/C10H20N2O3S/c1-2-8(13)3-5-12-10(15)4-6-16-7-9(11)14/h8,13H,2-7H2,1H3,(H2,11,14)(H,12,15). The minimum Gasteiger partial charge on any atom is -0.393 e. The first-order valence-electron chi connectivity index (χ1n) is 5.37. The van der Waals surface area contributed by atoms with Gasteiger partial charge in [-0.3, -0.25) is 9.59 Å². The summed E-state index contributed by atoms with van der Waals surface area (Å²) in [5.41, 5.74) is 4.95. The molecule has 0 aliphatic carbocycles. The van der Waals surface area contributed by atoms with E-state index in [4.69, 9.17) is 5.73 Å². The van der Waals surface area contributed by atoms with Crippen LogP contribution in [0.1, 0.15) is 26.2 Å². The highest BCUT2D eigenvalue weighted by Crippen LogP contribution is 2.01.